The van der Waals surface area contributed by atoms with Crippen molar-refractivity contribution < 1.29 is 9.21 Å². The summed E-state index contributed by atoms with van der Waals surface area (Å²) in [6, 6.07) is 3.45. The van der Waals surface area contributed by atoms with Gasteiger partial charge in [0, 0.05) is 6.92 Å². The van der Waals surface area contributed by atoms with Gasteiger partial charge < -0.3 is 4.42 Å². The lowest BCUT2D eigenvalue weighted by atomic mass is 10.5. The third-order valence-corrected chi connectivity index (χ3v) is 0.924. The summed E-state index contributed by atoms with van der Waals surface area (Å²) < 4.78 is 4.89. The molecule has 0 aliphatic carbocycles. The molecule has 0 atom stereocenters. The highest BCUT2D eigenvalue weighted by atomic mass is 16.3. The Balaban J connectivity index is 2.43. The zero-order valence-electron chi connectivity index (χ0n) is 5.78. The van der Waals surface area contributed by atoms with Gasteiger partial charge in [0.2, 0.25) is 5.91 Å². The summed E-state index contributed by atoms with van der Waals surface area (Å²) in [5.74, 6) is 0.131. The van der Waals surface area contributed by atoms with Crippen molar-refractivity contribution in [3.05, 3.63) is 31.1 Å². The SMILES string of the molecule is [CH2]C(=O)NN=Cc1ccco1. The monoisotopic (exact) mass is 151 g/mol. The van der Waals surface area contributed by atoms with Crippen molar-refractivity contribution >= 4 is 12.1 Å². The molecule has 0 fully saturated rings. The lowest BCUT2D eigenvalue weighted by Gasteiger charge is -1.87. The number of carbonyl (C=O) groups excluding carboxylic acids is 1. The van der Waals surface area contributed by atoms with Gasteiger partial charge in [-0.1, -0.05) is 0 Å². The van der Waals surface area contributed by atoms with Gasteiger partial charge in [-0.05, 0) is 12.1 Å². The van der Waals surface area contributed by atoms with Crippen LogP contribution in [0.1, 0.15) is 5.76 Å². The number of furan rings is 1. The molecule has 4 heteroatoms. The van der Waals surface area contributed by atoms with Crippen molar-refractivity contribution in [3.8, 4) is 0 Å². The maximum atomic E-state index is 10.2. The van der Waals surface area contributed by atoms with Crippen molar-refractivity contribution in [1.29, 1.82) is 0 Å². The van der Waals surface area contributed by atoms with E-state index in [9.17, 15) is 4.79 Å². The lowest BCUT2D eigenvalue weighted by Crippen LogP contribution is -2.12. The summed E-state index contributed by atoms with van der Waals surface area (Å²) in [6.07, 6.45) is 2.91. The average Bonchev–Trinajstić information content (AvgIpc) is 2.39. The first-order valence-corrected chi connectivity index (χ1v) is 2.97. The van der Waals surface area contributed by atoms with Crippen LogP contribution < -0.4 is 5.43 Å². The minimum Gasteiger partial charge on any atom is -0.463 e. The van der Waals surface area contributed by atoms with Gasteiger partial charge >= 0.3 is 0 Å². The van der Waals surface area contributed by atoms with Gasteiger partial charge in [0.1, 0.15) is 5.76 Å². The molecule has 11 heavy (non-hydrogen) atoms. The van der Waals surface area contributed by atoms with Crippen LogP contribution in [-0.2, 0) is 4.79 Å². The molecule has 1 aromatic heterocycles. The largest absolute Gasteiger partial charge is 0.463 e. The van der Waals surface area contributed by atoms with Crippen LogP contribution in [0, 0.1) is 6.92 Å². The molecule has 0 saturated heterocycles. The lowest BCUT2D eigenvalue weighted by molar-refractivity contribution is -0.116. The van der Waals surface area contributed by atoms with E-state index in [0.717, 1.165) is 0 Å². The molecule has 1 radical (unpaired) electrons. The van der Waals surface area contributed by atoms with E-state index < -0.39 is 5.91 Å². The van der Waals surface area contributed by atoms with Gasteiger partial charge in [-0.15, -0.1) is 0 Å². The number of nitrogens with zero attached hydrogens (tertiary/aromatic N) is 1. The summed E-state index contributed by atoms with van der Waals surface area (Å²) in [5, 5.41) is 3.53. The highest BCUT2D eigenvalue weighted by molar-refractivity contribution is 5.82. The predicted molar refractivity (Wildman–Crippen MR) is 39.8 cm³/mol. The minimum absolute atomic E-state index is 0.451. The average molecular weight is 151 g/mol. The molecule has 0 aromatic carbocycles. The van der Waals surface area contributed by atoms with Crippen molar-refractivity contribution in [2.45, 2.75) is 0 Å². The second-order valence-electron chi connectivity index (χ2n) is 1.81. The third-order valence-electron chi connectivity index (χ3n) is 0.924. The molecule has 1 N–H and O–H groups in total. The summed E-state index contributed by atoms with van der Waals surface area (Å²) in [5.41, 5.74) is 2.14. The molecule has 0 bridgehead atoms. The minimum atomic E-state index is -0.451. The number of nitrogens with one attached hydrogen (secondary N) is 1. The van der Waals surface area contributed by atoms with Crippen molar-refractivity contribution in [2.24, 2.45) is 5.10 Å². The Labute approximate surface area is 63.9 Å². The van der Waals surface area contributed by atoms with Crippen LogP contribution in [0.5, 0.6) is 0 Å². The van der Waals surface area contributed by atoms with E-state index in [1.165, 1.54) is 12.5 Å². The molecule has 1 rings (SSSR count). The molecule has 0 saturated carbocycles. The highest BCUT2D eigenvalue weighted by Crippen LogP contribution is 1.93. The summed E-state index contributed by atoms with van der Waals surface area (Å²) in [6.45, 7) is 3.06. The van der Waals surface area contributed by atoms with Crippen LogP contribution in [0.4, 0.5) is 0 Å². The molecule has 0 unspecified atom stereocenters. The van der Waals surface area contributed by atoms with Crippen molar-refractivity contribution in [3.63, 3.8) is 0 Å². The van der Waals surface area contributed by atoms with E-state index in [1.54, 1.807) is 12.1 Å². The summed E-state index contributed by atoms with van der Waals surface area (Å²) in [7, 11) is 0. The Morgan fingerprint density at radius 3 is 3.18 bits per heavy atom. The maximum absolute atomic E-state index is 10.2. The Kier molecular flexibility index (Phi) is 2.43. The van der Waals surface area contributed by atoms with Gasteiger partial charge in [-0.2, -0.15) is 5.10 Å². The van der Waals surface area contributed by atoms with E-state index >= 15 is 0 Å². The molecule has 1 heterocycles. The molecule has 1 aromatic rings. The first kappa shape index (κ1) is 7.53. The van der Waals surface area contributed by atoms with Crippen LogP contribution in [0.3, 0.4) is 0 Å². The Hall–Kier alpha value is -1.58. The van der Waals surface area contributed by atoms with Crippen LogP contribution in [0.2, 0.25) is 0 Å². The zero-order valence-corrected chi connectivity index (χ0v) is 5.78. The van der Waals surface area contributed by atoms with Gasteiger partial charge in [0.15, 0.2) is 0 Å². The van der Waals surface area contributed by atoms with E-state index in [1.807, 2.05) is 0 Å². The summed E-state index contributed by atoms with van der Waals surface area (Å²) in [4.78, 5) is 10.2. The van der Waals surface area contributed by atoms with Gasteiger partial charge in [0.05, 0.1) is 12.5 Å². The number of hydrogen-bond acceptors (Lipinski definition) is 3. The zero-order chi connectivity index (χ0) is 8.10. The van der Waals surface area contributed by atoms with E-state index in [2.05, 4.69) is 17.5 Å². The van der Waals surface area contributed by atoms with E-state index in [4.69, 9.17) is 4.42 Å². The Bertz CT molecular complexity index is 251. The second kappa shape index (κ2) is 3.55. The smallest absolute Gasteiger partial charge is 0.240 e. The fraction of sp³-hybridized carbons (Fsp3) is 0. The number of rotatable bonds is 2. The molecule has 4 nitrogen and oxygen atoms in total. The number of hydrogen-bond donors (Lipinski definition) is 1. The van der Waals surface area contributed by atoms with Gasteiger partial charge in [-0.25, -0.2) is 5.43 Å². The van der Waals surface area contributed by atoms with Crippen molar-refractivity contribution in [1.82, 2.24) is 5.43 Å². The molecule has 0 spiro atoms. The maximum Gasteiger partial charge on any atom is 0.240 e. The third kappa shape index (κ3) is 2.66. The highest BCUT2D eigenvalue weighted by Gasteiger charge is 1.88. The van der Waals surface area contributed by atoms with Crippen LogP contribution >= 0.6 is 0 Å². The van der Waals surface area contributed by atoms with Crippen molar-refractivity contribution in [2.75, 3.05) is 0 Å². The van der Waals surface area contributed by atoms with Crippen LogP contribution in [0.15, 0.2) is 27.9 Å². The summed E-state index contributed by atoms with van der Waals surface area (Å²) >= 11 is 0. The second-order valence-corrected chi connectivity index (χ2v) is 1.81. The molecule has 0 aliphatic rings. The molecule has 0 aliphatic heterocycles. The predicted octanol–water partition coefficient (Wildman–Crippen LogP) is 0.564. The fourth-order valence-electron chi connectivity index (χ4n) is 0.533. The first-order chi connectivity index (χ1) is 5.29. The molecular formula is C7H7N2O2. The van der Waals surface area contributed by atoms with Gasteiger partial charge in [0.25, 0.3) is 0 Å². The number of hydrazone groups is 1. The number of amides is 1. The molecule has 1 amide bonds. The molecular weight excluding hydrogens is 144 g/mol. The molecule has 57 valence electrons. The Morgan fingerprint density at radius 1 is 1.82 bits per heavy atom. The fourth-order valence-corrected chi connectivity index (χ4v) is 0.533. The van der Waals surface area contributed by atoms with Gasteiger partial charge in [-0.3, -0.25) is 4.79 Å². The number of carbonyl (C=O) groups is 1. The van der Waals surface area contributed by atoms with Crippen LogP contribution in [-0.4, -0.2) is 12.1 Å². The standard InChI is InChI=1S/C7H7N2O2/c1-6(10)9-8-5-7-3-2-4-11-7/h2-5H,1H2,(H,9,10). The quantitative estimate of drug-likeness (QED) is 0.496. The Morgan fingerprint density at radius 2 is 2.64 bits per heavy atom. The van der Waals surface area contributed by atoms with E-state index in [0.29, 0.717) is 5.76 Å². The first-order valence-electron chi connectivity index (χ1n) is 2.97. The van der Waals surface area contributed by atoms with Crippen LogP contribution in [0.25, 0.3) is 0 Å². The van der Waals surface area contributed by atoms with E-state index in [-0.39, 0.29) is 0 Å². The normalized spacial score (nSPS) is 10.3. The topological polar surface area (TPSA) is 54.6 Å².